The Balaban J connectivity index is 1.55. The van der Waals surface area contributed by atoms with Gasteiger partial charge < -0.3 is 9.73 Å². The summed E-state index contributed by atoms with van der Waals surface area (Å²) in [6, 6.07) is 13.9. The second-order valence-corrected chi connectivity index (χ2v) is 9.80. The van der Waals surface area contributed by atoms with Crippen LogP contribution in [0.3, 0.4) is 0 Å². The van der Waals surface area contributed by atoms with Gasteiger partial charge in [0, 0.05) is 22.9 Å². The highest BCUT2D eigenvalue weighted by Crippen LogP contribution is 2.33. The van der Waals surface area contributed by atoms with Gasteiger partial charge in [0.15, 0.2) is 4.34 Å². The molecule has 0 radical (unpaired) electrons. The molecule has 0 aliphatic heterocycles. The highest BCUT2D eigenvalue weighted by atomic mass is 32.2. The van der Waals surface area contributed by atoms with Crippen LogP contribution < -0.4 is 10.9 Å². The lowest BCUT2D eigenvalue weighted by Gasteiger charge is -2.12. The minimum atomic E-state index is -0.325. The lowest BCUT2D eigenvalue weighted by atomic mass is 9.95. The molecule has 0 bridgehead atoms. The van der Waals surface area contributed by atoms with Crippen LogP contribution in [0.1, 0.15) is 42.0 Å². The largest absolute Gasteiger partial charge is 0.423 e. The van der Waals surface area contributed by atoms with Gasteiger partial charge in [-0.2, -0.15) is 0 Å². The molecule has 4 aromatic rings. The van der Waals surface area contributed by atoms with E-state index in [4.69, 9.17) is 4.42 Å². The van der Waals surface area contributed by atoms with Crippen molar-refractivity contribution in [2.24, 2.45) is 0 Å². The van der Waals surface area contributed by atoms with E-state index < -0.39 is 0 Å². The Hall–Kier alpha value is -2.64. The summed E-state index contributed by atoms with van der Waals surface area (Å²) in [5.41, 5.74) is 5.87. The normalized spacial score (nSPS) is 11.4. The van der Waals surface area contributed by atoms with Gasteiger partial charge >= 0.3 is 5.63 Å². The van der Waals surface area contributed by atoms with Crippen LogP contribution in [0.15, 0.2) is 56.0 Å². The third-order valence-electron chi connectivity index (χ3n) is 4.90. The fraction of sp³-hybridized carbons (Fsp3) is 0.261. The molecule has 0 saturated carbocycles. The van der Waals surface area contributed by atoms with Crippen molar-refractivity contribution in [3.8, 4) is 0 Å². The molecular weight excluding hydrogens is 414 g/mol. The summed E-state index contributed by atoms with van der Waals surface area (Å²) < 4.78 is 6.30. The minimum absolute atomic E-state index is 0.325. The van der Waals surface area contributed by atoms with Crippen molar-refractivity contribution in [3.05, 3.63) is 75.1 Å². The van der Waals surface area contributed by atoms with E-state index in [2.05, 4.69) is 61.4 Å². The van der Waals surface area contributed by atoms with Crippen LogP contribution in [0.25, 0.3) is 11.0 Å². The highest BCUT2D eigenvalue weighted by Gasteiger charge is 2.13. The number of aromatic nitrogens is 2. The van der Waals surface area contributed by atoms with Crippen LogP contribution in [0, 0.1) is 13.8 Å². The van der Waals surface area contributed by atoms with E-state index in [1.807, 2.05) is 18.2 Å². The first-order chi connectivity index (χ1) is 14.4. The first-order valence-corrected chi connectivity index (χ1v) is 11.6. The zero-order valence-corrected chi connectivity index (χ0v) is 19.0. The maximum Gasteiger partial charge on any atom is 0.336 e. The predicted octanol–water partition coefficient (Wildman–Crippen LogP) is 6.42. The number of hydrogen-bond donors (Lipinski definition) is 1. The smallest absolute Gasteiger partial charge is 0.336 e. The van der Waals surface area contributed by atoms with E-state index in [1.54, 1.807) is 17.8 Å². The number of anilines is 2. The Kier molecular flexibility index (Phi) is 5.92. The van der Waals surface area contributed by atoms with E-state index in [0.29, 0.717) is 17.3 Å². The van der Waals surface area contributed by atoms with E-state index in [9.17, 15) is 4.79 Å². The molecule has 2 heterocycles. The molecule has 1 N–H and O–H groups in total. The summed E-state index contributed by atoms with van der Waals surface area (Å²) in [4.78, 5) is 12.1. The van der Waals surface area contributed by atoms with Crippen LogP contribution >= 0.6 is 23.1 Å². The standard InChI is InChI=1S/C23H23N3O2S2/c1-13(2)18-11-19-16(10-21(27)28-20(19)9-15(18)4)12-29-23-26-25-22(30-23)24-17-7-5-14(3)6-8-17/h5-11,13H,12H2,1-4H3,(H,24,25). The third kappa shape index (κ3) is 4.57. The molecule has 0 unspecified atom stereocenters. The minimum Gasteiger partial charge on any atom is -0.423 e. The maximum absolute atomic E-state index is 12.1. The first kappa shape index (κ1) is 20.6. The summed E-state index contributed by atoms with van der Waals surface area (Å²) in [6.45, 7) is 8.46. The number of nitrogens with one attached hydrogen (secondary N) is 1. The lowest BCUT2D eigenvalue weighted by molar-refractivity contribution is 0.559. The van der Waals surface area contributed by atoms with Gasteiger partial charge in [0.2, 0.25) is 5.13 Å². The van der Waals surface area contributed by atoms with Crippen LogP contribution in [0.4, 0.5) is 10.8 Å². The SMILES string of the molecule is Cc1ccc(Nc2nnc(SCc3cc(=O)oc4cc(C)c(C(C)C)cc34)s2)cc1. The van der Waals surface area contributed by atoms with Crippen molar-refractivity contribution in [2.45, 2.75) is 43.7 Å². The molecule has 0 spiro atoms. The molecular formula is C23H23N3O2S2. The molecule has 4 rings (SSSR count). The number of nitrogens with zero attached hydrogens (tertiary/aromatic N) is 2. The highest BCUT2D eigenvalue weighted by molar-refractivity contribution is 8.00. The predicted molar refractivity (Wildman–Crippen MR) is 125 cm³/mol. The number of hydrogen-bond acceptors (Lipinski definition) is 7. The Morgan fingerprint density at radius 1 is 1.10 bits per heavy atom. The quantitative estimate of drug-likeness (QED) is 0.277. The van der Waals surface area contributed by atoms with Gasteiger partial charge in [-0.3, -0.25) is 0 Å². The van der Waals surface area contributed by atoms with Gasteiger partial charge in [0.05, 0.1) is 0 Å². The Labute approximate surface area is 183 Å². The Morgan fingerprint density at radius 3 is 2.60 bits per heavy atom. The molecule has 0 atom stereocenters. The van der Waals surface area contributed by atoms with Gasteiger partial charge in [0.25, 0.3) is 0 Å². The molecule has 0 amide bonds. The van der Waals surface area contributed by atoms with Crippen LogP contribution in [0.2, 0.25) is 0 Å². The monoisotopic (exact) mass is 437 g/mol. The molecule has 2 aromatic heterocycles. The summed E-state index contributed by atoms with van der Waals surface area (Å²) in [5, 5.41) is 13.5. The van der Waals surface area contributed by atoms with Crippen molar-refractivity contribution in [1.82, 2.24) is 10.2 Å². The van der Waals surface area contributed by atoms with E-state index >= 15 is 0 Å². The number of thioether (sulfide) groups is 1. The molecule has 0 saturated heterocycles. The number of benzene rings is 2. The molecule has 0 aliphatic rings. The van der Waals surface area contributed by atoms with Gasteiger partial charge in [0.1, 0.15) is 5.58 Å². The zero-order valence-electron chi connectivity index (χ0n) is 17.4. The lowest BCUT2D eigenvalue weighted by Crippen LogP contribution is -2.02. The summed E-state index contributed by atoms with van der Waals surface area (Å²) in [5.74, 6) is 1.03. The molecule has 30 heavy (non-hydrogen) atoms. The molecule has 7 heteroatoms. The second kappa shape index (κ2) is 8.62. The maximum atomic E-state index is 12.1. The van der Waals surface area contributed by atoms with Crippen LogP contribution in [-0.2, 0) is 5.75 Å². The van der Waals surface area contributed by atoms with Crippen molar-refractivity contribution < 1.29 is 4.42 Å². The second-order valence-electron chi connectivity index (χ2n) is 7.60. The summed E-state index contributed by atoms with van der Waals surface area (Å²) in [7, 11) is 0. The fourth-order valence-corrected chi connectivity index (χ4v) is 5.11. The Bertz CT molecular complexity index is 1240. The number of fused-ring (bicyclic) bond motifs is 1. The zero-order chi connectivity index (χ0) is 21.3. The van der Waals surface area contributed by atoms with E-state index in [0.717, 1.165) is 31.7 Å². The van der Waals surface area contributed by atoms with Gasteiger partial charge in [-0.05, 0) is 60.7 Å². The van der Waals surface area contributed by atoms with Crippen LogP contribution in [-0.4, -0.2) is 10.2 Å². The van der Waals surface area contributed by atoms with Crippen molar-refractivity contribution >= 4 is 44.9 Å². The summed E-state index contributed by atoms with van der Waals surface area (Å²) >= 11 is 3.07. The molecule has 154 valence electrons. The molecule has 0 aliphatic carbocycles. The molecule has 2 aromatic carbocycles. The summed E-state index contributed by atoms with van der Waals surface area (Å²) in [6.07, 6.45) is 0. The average Bonchev–Trinajstić information content (AvgIpc) is 3.14. The van der Waals surface area contributed by atoms with Crippen LogP contribution in [0.5, 0.6) is 0 Å². The van der Waals surface area contributed by atoms with Crippen molar-refractivity contribution in [2.75, 3.05) is 5.32 Å². The van der Waals surface area contributed by atoms with Gasteiger partial charge in [-0.1, -0.05) is 54.6 Å². The van der Waals surface area contributed by atoms with Gasteiger partial charge in [-0.15, -0.1) is 10.2 Å². The van der Waals surface area contributed by atoms with E-state index in [-0.39, 0.29) is 5.63 Å². The molecule has 0 fully saturated rings. The number of rotatable bonds is 6. The average molecular weight is 438 g/mol. The van der Waals surface area contributed by atoms with E-state index in [1.165, 1.54) is 22.5 Å². The Morgan fingerprint density at radius 2 is 1.87 bits per heavy atom. The number of aryl methyl sites for hydroxylation is 2. The van der Waals surface area contributed by atoms with Crippen molar-refractivity contribution in [1.29, 1.82) is 0 Å². The van der Waals surface area contributed by atoms with Crippen molar-refractivity contribution in [3.63, 3.8) is 0 Å². The third-order valence-corrected chi connectivity index (χ3v) is 6.92. The molecule has 5 nitrogen and oxygen atoms in total. The topological polar surface area (TPSA) is 68.0 Å². The van der Waals surface area contributed by atoms with Gasteiger partial charge in [-0.25, -0.2) is 4.79 Å². The fourth-order valence-electron chi connectivity index (χ4n) is 3.35. The first-order valence-electron chi connectivity index (χ1n) is 9.76.